The first kappa shape index (κ1) is 13.0. The average Bonchev–Trinajstić information content (AvgIpc) is 2.18. The first-order chi connectivity index (χ1) is 7.06. The van der Waals surface area contributed by atoms with Crippen molar-refractivity contribution >= 4 is 0 Å². The highest BCUT2D eigenvalue weighted by Gasteiger charge is 2.30. The molecule has 0 aromatic heterocycles. The van der Waals surface area contributed by atoms with Gasteiger partial charge >= 0.3 is 0 Å². The van der Waals surface area contributed by atoms with Crippen LogP contribution in [-0.4, -0.2) is 13.1 Å². The van der Waals surface area contributed by atoms with Crippen LogP contribution in [0.25, 0.3) is 0 Å². The zero-order valence-corrected chi connectivity index (χ0v) is 11.2. The first-order valence-corrected chi connectivity index (χ1v) is 6.73. The van der Waals surface area contributed by atoms with Gasteiger partial charge in [-0.1, -0.05) is 40.5 Å². The fraction of sp³-hybridized carbons (Fsp3) is 1.00. The molecule has 90 valence electrons. The maximum atomic E-state index is 3.53. The number of rotatable bonds is 4. The lowest BCUT2D eigenvalue weighted by Crippen LogP contribution is -2.40. The molecule has 0 amide bonds. The van der Waals surface area contributed by atoms with E-state index in [1.807, 2.05) is 0 Å². The van der Waals surface area contributed by atoms with Gasteiger partial charge in [0.2, 0.25) is 0 Å². The van der Waals surface area contributed by atoms with E-state index in [1.54, 1.807) is 0 Å². The molecule has 0 saturated heterocycles. The monoisotopic (exact) mass is 211 g/mol. The van der Waals surface area contributed by atoms with Crippen LogP contribution in [0.15, 0.2) is 0 Å². The molecule has 1 fully saturated rings. The first-order valence-electron chi connectivity index (χ1n) is 6.73. The predicted octanol–water partition coefficient (Wildman–Crippen LogP) is 3.69. The highest BCUT2D eigenvalue weighted by atomic mass is 14.9. The van der Waals surface area contributed by atoms with Gasteiger partial charge in [-0.25, -0.2) is 0 Å². The third-order valence-electron chi connectivity index (χ3n) is 4.26. The van der Waals surface area contributed by atoms with Crippen molar-refractivity contribution in [1.29, 1.82) is 0 Å². The van der Waals surface area contributed by atoms with Gasteiger partial charge in [-0.3, -0.25) is 0 Å². The molecule has 0 heterocycles. The minimum absolute atomic E-state index is 0.728. The van der Waals surface area contributed by atoms with Crippen LogP contribution in [0.1, 0.15) is 53.4 Å². The molecule has 0 aliphatic heterocycles. The Kier molecular flexibility index (Phi) is 5.11. The quantitative estimate of drug-likeness (QED) is 0.748. The van der Waals surface area contributed by atoms with E-state index >= 15 is 0 Å². The Morgan fingerprint density at radius 1 is 1.00 bits per heavy atom. The Labute approximate surface area is 96.0 Å². The Hall–Kier alpha value is -0.0400. The number of hydrogen-bond acceptors (Lipinski definition) is 1. The van der Waals surface area contributed by atoms with Gasteiger partial charge in [-0.2, -0.15) is 0 Å². The van der Waals surface area contributed by atoms with E-state index in [2.05, 4.69) is 40.1 Å². The topological polar surface area (TPSA) is 12.0 Å². The van der Waals surface area contributed by atoms with E-state index < -0.39 is 0 Å². The maximum Gasteiger partial charge on any atom is 0.0115 e. The molecule has 1 saturated carbocycles. The summed E-state index contributed by atoms with van der Waals surface area (Å²) in [5, 5.41) is 3.53. The molecule has 0 bridgehead atoms. The molecule has 1 nitrogen and oxygen atoms in total. The molecule has 0 aromatic carbocycles. The summed E-state index contributed by atoms with van der Waals surface area (Å²) in [5.41, 5.74) is 0. The summed E-state index contributed by atoms with van der Waals surface area (Å²) in [6.45, 7) is 9.47. The van der Waals surface area contributed by atoms with Gasteiger partial charge in [-0.05, 0) is 43.6 Å². The molecule has 1 heteroatoms. The second kappa shape index (κ2) is 5.89. The van der Waals surface area contributed by atoms with Crippen molar-refractivity contribution in [2.45, 2.75) is 59.4 Å². The summed E-state index contributed by atoms with van der Waals surface area (Å²) in [6, 6.07) is 0.728. The zero-order valence-electron chi connectivity index (χ0n) is 11.2. The fourth-order valence-electron chi connectivity index (χ4n) is 3.31. The van der Waals surface area contributed by atoms with Crippen molar-refractivity contribution in [3.05, 3.63) is 0 Å². The predicted molar refractivity (Wildman–Crippen MR) is 68.0 cm³/mol. The highest BCUT2D eigenvalue weighted by molar-refractivity contribution is 4.84. The molecular formula is C14H29N. The smallest absolute Gasteiger partial charge is 0.0115 e. The summed E-state index contributed by atoms with van der Waals surface area (Å²) in [7, 11) is 2.13. The molecule has 1 N–H and O–H groups in total. The molecule has 0 aromatic rings. The van der Waals surface area contributed by atoms with Gasteiger partial charge in [-0.15, -0.1) is 0 Å². The third-order valence-corrected chi connectivity index (χ3v) is 4.26. The Morgan fingerprint density at radius 2 is 1.60 bits per heavy atom. The van der Waals surface area contributed by atoms with Crippen molar-refractivity contribution in [2.24, 2.45) is 23.7 Å². The third kappa shape index (κ3) is 3.48. The van der Waals surface area contributed by atoms with E-state index in [4.69, 9.17) is 0 Å². The molecule has 0 radical (unpaired) electrons. The van der Waals surface area contributed by atoms with Crippen molar-refractivity contribution in [1.82, 2.24) is 5.32 Å². The fourth-order valence-corrected chi connectivity index (χ4v) is 3.31. The van der Waals surface area contributed by atoms with E-state index in [0.29, 0.717) is 0 Å². The minimum Gasteiger partial charge on any atom is -0.316 e. The molecule has 3 atom stereocenters. The average molecular weight is 211 g/mol. The second-order valence-corrected chi connectivity index (χ2v) is 5.99. The Balaban J connectivity index is 2.54. The van der Waals surface area contributed by atoms with Crippen LogP contribution in [0.4, 0.5) is 0 Å². The SMILES string of the molecule is CNC(C(C)C)C1CCCC(C(C)C)C1. The number of hydrogen-bond donors (Lipinski definition) is 1. The van der Waals surface area contributed by atoms with Crippen LogP contribution in [0, 0.1) is 23.7 Å². The van der Waals surface area contributed by atoms with E-state index in [1.165, 1.54) is 25.7 Å². The lowest BCUT2D eigenvalue weighted by molar-refractivity contribution is 0.159. The molecule has 1 aliphatic rings. The van der Waals surface area contributed by atoms with Crippen molar-refractivity contribution in [3.8, 4) is 0 Å². The van der Waals surface area contributed by atoms with Crippen LogP contribution in [0.2, 0.25) is 0 Å². The van der Waals surface area contributed by atoms with Gasteiger partial charge < -0.3 is 5.32 Å². The molecule has 1 rings (SSSR count). The molecular weight excluding hydrogens is 182 g/mol. The standard InChI is InChI=1S/C14H29N/c1-10(2)12-7-6-8-13(9-12)14(15-5)11(3)4/h10-15H,6-9H2,1-5H3. The van der Waals surface area contributed by atoms with Crippen molar-refractivity contribution in [3.63, 3.8) is 0 Å². The summed E-state index contributed by atoms with van der Waals surface area (Å²) in [4.78, 5) is 0. The Morgan fingerprint density at radius 3 is 2.07 bits per heavy atom. The molecule has 15 heavy (non-hydrogen) atoms. The van der Waals surface area contributed by atoms with Gasteiger partial charge in [0, 0.05) is 6.04 Å². The van der Waals surface area contributed by atoms with Crippen LogP contribution < -0.4 is 5.32 Å². The minimum atomic E-state index is 0.728. The van der Waals surface area contributed by atoms with Gasteiger partial charge in [0.15, 0.2) is 0 Å². The Bertz CT molecular complexity index is 174. The summed E-state index contributed by atoms with van der Waals surface area (Å²) < 4.78 is 0. The van der Waals surface area contributed by atoms with Crippen LogP contribution in [-0.2, 0) is 0 Å². The number of nitrogens with one attached hydrogen (secondary N) is 1. The van der Waals surface area contributed by atoms with Crippen LogP contribution in [0.5, 0.6) is 0 Å². The largest absolute Gasteiger partial charge is 0.316 e. The van der Waals surface area contributed by atoms with E-state index in [-0.39, 0.29) is 0 Å². The summed E-state index contributed by atoms with van der Waals surface area (Å²) in [5.74, 6) is 3.53. The summed E-state index contributed by atoms with van der Waals surface area (Å²) in [6.07, 6.45) is 5.79. The van der Waals surface area contributed by atoms with Crippen molar-refractivity contribution < 1.29 is 0 Å². The van der Waals surface area contributed by atoms with Gasteiger partial charge in [0.05, 0.1) is 0 Å². The lowest BCUT2D eigenvalue weighted by Gasteiger charge is -2.38. The van der Waals surface area contributed by atoms with Gasteiger partial charge in [0.1, 0.15) is 0 Å². The lowest BCUT2D eigenvalue weighted by atomic mass is 9.72. The molecule has 0 spiro atoms. The van der Waals surface area contributed by atoms with Crippen LogP contribution >= 0.6 is 0 Å². The maximum absolute atomic E-state index is 3.53. The normalized spacial score (nSPS) is 29.8. The van der Waals surface area contributed by atoms with Crippen molar-refractivity contribution in [2.75, 3.05) is 7.05 Å². The van der Waals surface area contributed by atoms with Gasteiger partial charge in [0.25, 0.3) is 0 Å². The molecule has 1 aliphatic carbocycles. The summed E-state index contributed by atoms with van der Waals surface area (Å²) >= 11 is 0. The molecule has 3 unspecified atom stereocenters. The highest BCUT2D eigenvalue weighted by Crippen LogP contribution is 2.36. The second-order valence-electron chi connectivity index (χ2n) is 5.99. The van der Waals surface area contributed by atoms with Crippen LogP contribution in [0.3, 0.4) is 0 Å². The van der Waals surface area contributed by atoms with E-state index in [0.717, 1.165) is 29.7 Å². The van der Waals surface area contributed by atoms with E-state index in [9.17, 15) is 0 Å². The zero-order chi connectivity index (χ0) is 11.4.